The number of furan rings is 1. The molecule has 1 aromatic carbocycles. The summed E-state index contributed by atoms with van der Waals surface area (Å²) in [5.41, 5.74) is 1.19. The highest BCUT2D eigenvalue weighted by Gasteiger charge is 2.29. The molecule has 1 amide bonds. The fourth-order valence-corrected chi connectivity index (χ4v) is 4.94. The molecule has 7 heteroatoms. The minimum absolute atomic E-state index is 0.250. The van der Waals surface area contributed by atoms with Crippen LogP contribution in [0.25, 0.3) is 11.0 Å². The fourth-order valence-electron chi connectivity index (χ4n) is 3.44. The van der Waals surface area contributed by atoms with Crippen LogP contribution >= 0.6 is 0 Å². The number of fused-ring (bicyclic) bond motifs is 1. The molecule has 2 heterocycles. The lowest BCUT2D eigenvalue weighted by Crippen LogP contribution is -2.37. The van der Waals surface area contributed by atoms with E-state index >= 15 is 0 Å². The summed E-state index contributed by atoms with van der Waals surface area (Å²) < 4.78 is 33.3. The van der Waals surface area contributed by atoms with Gasteiger partial charge in [0.1, 0.15) is 5.58 Å². The third kappa shape index (κ3) is 4.10. The van der Waals surface area contributed by atoms with Gasteiger partial charge in [-0.1, -0.05) is 27.2 Å². The average molecular weight is 407 g/mol. The van der Waals surface area contributed by atoms with Crippen molar-refractivity contribution in [1.29, 1.82) is 0 Å². The molecule has 1 unspecified atom stereocenters. The van der Waals surface area contributed by atoms with E-state index < -0.39 is 10.0 Å². The molecule has 6 nitrogen and oxygen atoms in total. The van der Waals surface area contributed by atoms with E-state index in [0.29, 0.717) is 48.0 Å². The number of rotatable bonds is 6. The zero-order valence-electron chi connectivity index (χ0n) is 17.1. The van der Waals surface area contributed by atoms with Gasteiger partial charge in [0.2, 0.25) is 10.0 Å². The minimum Gasteiger partial charge on any atom is -0.451 e. The van der Waals surface area contributed by atoms with Crippen LogP contribution in [0.1, 0.15) is 56.2 Å². The molecule has 1 fully saturated rings. The Morgan fingerprint density at radius 2 is 2.00 bits per heavy atom. The second-order valence-electron chi connectivity index (χ2n) is 8.02. The molecule has 28 heavy (non-hydrogen) atoms. The van der Waals surface area contributed by atoms with Gasteiger partial charge in [-0.25, -0.2) is 8.42 Å². The molecule has 2 aromatic rings. The van der Waals surface area contributed by atoms with Crippen LogP contribution in [-0.2, 0) is 10.0 Å². The highest BCUT2D eigenvalue weighted by molar-refractivity contribution is 7.89. The zero-order chi connectivity index (χ0) is 20.5. The molecular weight excluding hydrogens is 376 g/mol. The summed E-state index contributed by atoms with van der Waals surface area (Å²) in [6.07, 6.45) is 2.75. The number of nitrogens with one attached hydrogen (secondary N) is 1. The van der Waals surface area contributed by atoms with Crippen molar-refractivity contribution in [2.75, 3.05) is 19.6 Å². The Labute approximate surface area is 167 Å². The van der Waals surface area contributed by atoms with Crippen LogP contribution in [0, 0.1) is 18.8 Å². The van der Waals surface area contributed by atoms with Crippen LogP contribution in [0.15, 0.2) is 27.5 Å². The SMILES string of the molecule is CCC(C)CNC(=O)c1oc2ccc(S(=O)(=O)N3CCC(C)CC3)cc2c1C. The Hall–Kier alpha value is -1.86. The van der Waals surface area contributed by atoms with Crippen molar-refractivity contribution in [2.24, 2.45) is 11.8 Å². The third-order valence-corrected chi connectivity index (χ3v) is 7.70. The van der Waals surface area contributed by atoms with Crippen LogP contribution in [0.5, 0.6) is 0 Å². The van der Waals surface area contributed by atoms with Gasteiger partial charge in [0.15, 0.2) is 5.76 Å². The number of carbonyl (C=O) groups excluding carboxylic acids is 1. The van der Waals surface area contributed by atoms with E-state index in [1.165, 1.54) is 0 Å². The van der Waals surface area contributed by atoms with Gasteiger partial charge in [-0.3, -0.25) is 4.79 Å². The summed E-state index contributed by atoms with van der Waals surface area (Å²) in [6.45, 7) is 9.78. The number of carbonyl (C=O) groups is 1. The van der Waals surface area contributed by atoms with Gasteiger partial charge < -0.3 is 9.73 Å². The molecule has 0 bridgehead atoms. The van der Waals surface area contributed by atoms with Gasteiger partial charge in [0, 0.05) is 30.6 Å². The van der Waals surface area contributed by atoms with E-state index in [1.807, 2.05) is 0 Å². The number of hydrogen-bond acceptors (Lipinski definition) is 4. The Balaban J connectivity index is 1.87. The van der Waals surface area contributed by atoms with E-state index in [2.05, 4.69) is 26.1 Å². The van der Waals surface area contributed by atoms with Crippen molar-refractivity contribution in [3.8, 4) is 0 Å². The monoisotopic (exact) mass is 406 g/mol. The van der Waals surface area contributed by atoms with Crippen LogP contribution in [0.2, 0.25) is 0 Å². The smallest absolute Gasteiger partial charge is 0.287 e. The molecule has 1 aliphatic rings. The van der Waals surface area contributed by atoms with Crippen LogP contribution in [0.3, 0.4) is 0 Å². The summed E-state index contributed by atoms with van der Waals surface area (Å²) in [4.78, 5) is 12.7. The maximum Gasteiger partial charge on any atom is 0.287 e. The summed E-state index contributed by atoms with van der Waals surface area (Å²) in [6, 6.07) is 4.85. The molecule has 0 spiro atoms. The van der Waals surface area contributed by atoms with E-state index in [0.717, 1.165) is 19.3 Å². The third-order valence-electron chi connectivity index (χ3n) is 5.80. The maximum atomic E-state index is 13.0. The van der Waals surface area contributed by atoms with Crippen LogP contribution < -0.4 is 5.32 Å². The molecule has 1 saturated heterocycles. The fraction of sp³-hybridized carbons (Fsp3) is 0.571. The second-order valence-corrected chi connectivity index (χ2v) is 9.96. The zero-order valence-corrected chi connectivity index (χ0v) is 17.9. The normalized spacial score (nSPS) is 17.7. The molecule has 0 saturated carbocycles. The number of benzene rings is 1. The number of piperidine rings is 1. The first kappa shape index (κ1) is 20.9. The van der Waals surface area contributed by atoms with Crippen molar-refractivity contribution in [1.82, 2.24) is 9.62 Å². The highest BCUT2D eigenvalue weighted by atomic mass is 32.2. The predicted octanol–water partition coefficient (Wildman–Crippen LogP) is 3.94. The minimum atomic E-state index is -3.54. The van der Waals surface area contributed by atoms with Crippen molar-refractivity contribution in [3.63, 3.8) is 0 Å². The Morgan fingerprint density at radius 3 is 2.64 bits per heavy atom. The summed E-state index contributed by atoms with van der Waals surface area (Å²) >= 11 is 0. The van der Waals surface area contributed by atoms with Gasteiger partial charge in [-0.05, 0) is 49.8 Å². The highest BCUT2D eigenvalue weighted by Crippen LogP contribution is 2.30. The molecule has 1 aliphatic heterocycles. The van der Waals surface area contributed by atoms with Crippen LogP contribution in [-0.4, -0.2) is 38.3 Å². The Morgan fingerprint density at radius 1 is 1.32 bits per heavy atom. The van der Waals surface area contributed by atoms with Crippen molar-refractivity contribution in [3.05, 3.63) is 29.5 Å². The van der Waals surface area contributed by atoms with Gasteiger partial charge in [-0.2, -0.15) is 4.31 Å². The molecule has 3 rings (SSSR count). The first-order valence-corrected chi connectivity index (χ1v) is 11.5. The quantitative estimate of drug-likeness (QED) is 0.788. The topological polar surface area (TPSA) is 79.6 Å². The second kappa shape index (κ2) is 8.25. The molecule has 1 atom stereocenters. The number of sulfonamides is 1. The average Bonchev–Trinajstić information content (AvgIpc) is 3.02. The predicted molar refractivity (Wildman–Crippen MR) is 110 cm³/mol. The van der Waals surface area contributed by atoms with Crippen molar-refractivity contribution < 1.29 is 17.6 Å². The molecule has 154 valence electrons. The number of amides is 1. The lowest BCUT2D eigenvalue weighted by molar-refractivity contribution is 0.0921. The Bertz CT molecular complexity index is 956. The lowest BCUT2D eigenvalue weighted by Gasteiger charge is -2.29. The lowest BCUT2D eigenvalue weighted by atomic mass is 10.0. The Kier molecular flexibility index (Phi) is 6.15. The summed E-state index contributed by atoms with van der Waals surface area (Å²) in [5, 5.41) is 3.56. The van der Waals surface area contributed by atoms with Gasteiger partial charge in [-0.15, -0.1) is 0 Å². The van der Waals surface area contributed by atoms with Gasteiger partial charge in [0.25, 0.3) is 5.91 Å². The molecule has 1 N–H and O–H groups in total. The maximum absolute atomic E-state index is 13.0. The van der Waals surface area contributed by atoms with E-state index in [-0.39, 0.29) is 16.6 Å². The summed E-state index contributed by atoms with van der Waals surface area (Å²) in [7, 11) is -3.54. The number of aryl methyl sites for hydroxylation is 1. The van der Waals surface area contributed by atoms with E-state index in [9.17, 15) is 13.2 Å². The first-order valence-electron chi connectivity index (χ1n) is 10.1. The van der Waals surface area contributed by atoms with Crippen LogP contribution in [0.4, 0.5) is 0 Å². The number of hydrogen-bond donors (Lipinski definition) is 1. The molecule has 0 aliphatic carbocycles. The first-order chi connectivity index (χ1) is 13.2. The van der Waals surface area contributed by atoms with Crippen molar-refractivity contribution in [2.45, 2.75) is 51.9 Å². The summed E-state index contributed by atoms with van der Waals surface area (Å²) in [5.74, 6) is 0.933. The molecule has 0 radical (unpaired) electrons. The van der Waals surface area contributed by atoms with E-state index in [4.69, 9.17) is 4.42 Å². The molecule has 1 aromatic heterocycles. The number of nitrogens with zero attached hydrogens (tertiary/aromatic N) is 1. The standard InChI is InChI=1S/C21H30N2O4S/c1-5-14(2)13-22-21(24)20-16(4)18-12-17(6-7-19(18)27-20)28(25,26)23-10-8-15(3)9-11-23/h6-7,12,14-15H,5,8-11,13H2,1-4H3,(H,22,24). The molecular formula is C21H30N2O4S. The van der Waals surface area contributed by atoms with E-state index in [1.54, 1.807) is 29.4 Å². The van der Waals surface area contributed by atoms with Gasteiger partial charge in [0.05, 0.1) is 4.90 Å². The van der Waals surface area contributed by atoms with Gasteiger partial charge >= 0.3 is 0 Å². The van der Waals surface area contributed by atoms with Crippen molar-refractivity contribution >= 4 is 26.9 Å². The largest absolute Gasteiger partial charge is 0.451 e.